The summed E-state index contributed by atoms with van der Waals surface area (Å²) in [5.41, 5.74) is 1.05. The minimum Gasteiger partial charge on any atom is -0.381 e. The standard InChI is InChI=1S/C21H34O2/c1-19-10-8-15-16-5-6-18(23-4)20(16,2)11-9-17(15)21(19,3)12-7-14(22)13-19/h15-18H,5-13H2,1-4H3/t15-,16-,17-,18-,19-,20-,21+/m0/s1. The third-order valence-corrected chi connectivity index (χ3v) is 9.37. The number of carbonyl (C=O) groups excluding carboxylic acids is 1. The molecule has 0 aliphatic heterocycles. The van der Waals surface area contributed by atoms with Crippen LogP contribution in [-0.2, 0) is 9.53 Å². The molecule has 0 N–H and O–H groups in total. The molecule has 0 radical (unpaired) electrons. The second-order valence-electron chi connectivity index (χ2n) is 9.96. The van der Waals surface area contributed by atoms with Gasteiger partial charge in [0.25, 0.3) is 0 Å². The molecule has 130 valence electrons. The van der Waals surface area contributed by atoms with Crippen molar-refractivity contribution in [3.05, 3.63) is 0 Å². The first-order chi connectivity index (χ1) is 10.8. The zero-order valence-electron chi connectivity index (χ0n) is 15.5. The average Bonchev–Trinajstić information content (AvgIpc) is 2.85. The van der Waals surface area contributed by atoms with Gasteiger partial charge < -0.3 is 4.74 Å². The van der Waals surface area contributed by atoms with E-state index in [1.165, 1.54) is 38.5 Å². The summed E-state index contributed by atoms with van der Waals surface area (Å²) in [6.07, 6.45) is 11.2. The van der Waals surface area contributed by atoms with Crippen LogP contribution in [0, 0.1) is 34.0 Å². The highest BCUT2D eigenvalue weighted by molar-refractivity contribution is 5.80. The molecule has 0 spiro atoms. The zero-order chi connectivity index (χ0) is 16.5. The van der Waals surface area contributed by atoms with Crippen LogP contribution in [-0.4, -0.2) is 19.0 Å². The molecule has 0 amide bonds. The normalized spacial score (nSPS) is 55.9. The zero-order valence-corrected chi connectivity index (χ0v) is 15.5. The molecule has 2 heteroatoms. The van der Waals surface area contributed by atoms with E-state index in [-0.39, 0.29) is 5.41 Å². The van der Waals surface area contributed by atoms with Gasteiger partial charge in [-0.25, -0.2) is 0 Å². The van der Waals surface area contributed by atoms with Crippen LogP contribution in [0.4, 0.5) is 0 Å². The third kappa shape index (κ3) is 2.00. The van der Waals surface area contributed by atoms with Crippen molar-refractivity contribution in [2.24, 2.45) is 34.0 Å². The van der Waals surface area contributed by atoms with Crippen molar-refractivity contribution in [1.82, 2.24) is 0 Å². The van der Waals surface area contributed by atoms with E-state index in [2.05, 4.69) is 20.8 Å². The van der Waals surface area contributed by atoms with Crippen LogP contribution in [0.2, 0.25) is 0 Å². The van der Waals surface area contributed by atoms with Gasteiger partial charge in [0, 0.05) is 20.0 Å². The minimum absolute atomic E-state index is 0.260. The Kier molecular flexibility index (Phi) is 3.55. The number of ether oxygens (including phenoxy) is 1. The Bertz CT molecular complexity index is 514. The summed E-state index contributed by atoms with van der Waals surface area (Å²) < 4.78 is 5.88. The van der Waals surface area contributed by atoms with E-state index in [0.29, 0.717) is 22.7 Å². The van der Waals surface area contributed by atoms with Crippen molar-refractivity contribution in [3.8, 4) is 0 Å². The molecule has 4 aliphatic carbocycles. The molecule has 0 saturated heterocycles. The van der Waals surface area contributed by atoms with Gasteiger partial charge in [0.1, 0.15) is 5.78 Å². The highest BCUT2D eigenvalue weighted by atomic mass is 16.5. The van der Waals surface area contributed by atoms with Crippen molar-refractivity contribution in [1.29, 1.82) is 0 Å². The molecular formula is C21H34O2. The third-order valence-electron chi connectivity index (χ3n) is 9.37. The van der Waals surface area contributed by atoms with Crippen LogP contribution in [0.15, 0.2) is 0 Å². The van der Waals surface area contributed by atoms with Gasteiger partial charge in [-0.2, -0.15) is 0 Å². The summed E-state index contributed by atoms with van der Waals surface area (Å²) in [5, 5.41) is 0. The molecule has 4 rings (SSSR count). The second kappa shape index (κ2) is 5.07. The van der Waals surface area contributed by atoms with Gasteiger partial charge in [-0.1, -0.05) is 20.8 Å². The van der Waals surface area contributed by atoms with Crippen LogP contribution in [0.1, 0.15) is 78.6 Å². The van der Waals surface area contributed by atoms with Crippen molar-refractivity contribution in [3.63, 3.8) is 0 Å². The topological polar surface area (TPSA) is 26.3 Å². The summed E-state index contributed by atoms with van der Waals surface area (Å²) in [5.74, 6) is 3.08. The number of methoxy groups -OCH3 is 1. The van der Waals surface area contributed by atoms with E-state index in [1.54, 1.807) is 0 Å². The Morgan fingerprint density at radius 2 is 1.74 bits per heavy atom. The average molecular weight is 319 g/mol. The fourth-order valence-corrected chi connectivity index (χ4v) is 7.74. The Labute approximate surface area is 141 Å². The molecule has 0 aromatic carbocycles. The fourth-order valence-electron chi connectivity index (χ4n) is 7.74. The molecule has 2 nitrogen and oxygen atoms in total. The lowest BCUT2D eigenvalue weighted by Gasteiger charge is -2.64. The molecule has 4 saturated carbocycles. The summed E-state index contributed by atoms with van der Waals surface area (Å²) >= 11 is 0. The monoisotopic (exact) mass is 318 g/mol. The van der Waals surface area contributed by atoms with Crippen LogP contribution < -0.4 is 0 Å². The lowest BCUT2D eigenvalue weighted by atomic mass is 9.40. The molecule has 0 bridgehead atoms. The molecule has 4 fully saturated rings. The molecule has 4 aliphatic rings. The molecule has 0 heterocycles. The first kappa shape index (κ1) is 16.1. The smallest absolute Gasteiger partial charge is 0.133 e. The summed E-state index contributed by atoms with van der Waals surface area (Å²) in [4.78, 5) is 12.1. The Morgan fingerprint density at radius 1 is 0.957 bits per heavy atom. The van der Waals surface area contributed by atoms with Crippen molar-refractivity contribution in [2.75, 3.05) is 7.11 Å². The van der Waals surface area contributed by atoms with E-state index in [4.69, 9.17) is 4.74 Å². The van der Waals surface area contributed by atoms with Crippen LogP contribution in [0.3, 0.4) is 0 Å². The number of carbonyl (C=O) groups is 1. The quantitative estimate of drug-likeness (QED) is 0.680. The van der Waals surface area contributed by atoms with Crippen molar-refractivity contribution in [2.45, 2.75) is 84.7 Å². The Morgan fingerprint density at radius 3 is 2.48 bits per heavy atom. The minimum atomic E-state index is 0.260. The summed E-state index contributed by atoms with van der Waals surface area (Å²) in [7, 11) is 1.91. The summed E-state index contributed by atoms with van der Waals surface area (Å²) in [6.45, 7) is 7.48. The molecule has 0 aromatic heterocycles. The maximum absolute atomic E-state index is 12.1. The predicted molar refractivity (Wildman–Crippen MR) is 92.1 cm³/mol. The molecular weight excluding hydrogens is 284 g/mol. The van der Waals surface area contributed by atoms with E-state index < -0.39 is 0 Å². The lowest BCUT2D eigenvalue weighted by Crippen LogP contribution is -2.58. The largest absolute Gasteiger partial charge is 0.381 e. The highest BCUT2D eigenvalue weighted by Crippen LogP contribution is 2.69. The van der Waals surface area contributed by atoms with Gasteiger partial charge in [0.2, 0.25) is 0 Å². The lowest BCUT2D eigenvalue weighted by molar-refractivity contribution is -0.167. The van der Waals surface area contributed by atoms with Gasteiger partial charge in [-0.3, -0.25) is 4.79 Å². The maximum Gasteiger partial charge on any atom is 0.133 e. The Hall–Kier alpha value is -0.370. The number of hydrogen-bond donors (Lipinski definition) is 0. The van der Waals surface area contributed by atoms with Gasteiger partial charge in [-0.15, -0.1) is 0 Å². The summed E-state index contributed by atoms with van der Waals surface area (Å²) in [6, 6.07) is 0. The van der Waals surface area contributed by atoms with Gasteiger partial charge in [0.15, 0.2) is 0 Å². The highest BCUT2D eigenvalue weighted by Gasteiger charge is 2.63. The van der Waals surface area contributed by atoms with E-state index >= 15 is 0 Å². The van der Waals surface area contributed by atoms with Gasteiger partial charge in [0.05, 0.1) is 6.10 Å². The molecule has 0 unspecified atom stereocenters. The van der Waals surface area contributed by atoms with E-state index in [9.17, 15) is 4.79 Å². The fraction of sp³-hybridized carbons (Fsp3) is 0.952. The molecule has 7 atom stereocenters. The van der Waals surface area contributed by atoms with E-state index in [0.717, 1.165) is 37.0 Å². The maximum atomic E-state index is 12.1. The number of hydrogen-bond acceptors (Lipinski definition) is 2. The van der Waals surface area contributed by atoms with Crippen LogP contribution in [0.25, 0.3) is 0 Å². The van der Waals surface area contributed by atoms with Crippen LogP contribution >= 0.6 is 0 Å². The molecule has 0 aromatic rings. The molecule has 23 heavy (non-hydrogen) atoms. The second-order valence-corrected chi connectivity index (χ2v) is 9.96. The van der Waals surface area contributed by atoms with Gasteiger partial charge in [-0.05, 0) is 78.9 Å². The SMILES string of the molecule is CO[C@H]1CC[C@H]2[C@@H]3CC[C@@]4(C)CC(=O)CC[C@]4(C)[C@H]3CC[C@]12C. The first-order valence-corrected chi connectivity index (χ1v) is 9.89. The number of fused-ring (bicyclic) bond motifs is 5. The van der Waals surface area contributed by atoms with E-state index in [1.807, 2.05) is 7.11 Å². The van der Waals surface area contributed by atoms with Gasteiger partial charge >= 0.3 is 0 Å². The van der Waals surface area contributed by atoms with Crippen molar-refractivity contribution < 1.29 is 9.53 Å². The first-order valence-electron chi connectivity index (χ1n) is 9.89. The number of ketones is 1. The van der Waals surface area contributed by atoms with Crippen molar-refractivity contribution >= 4 is 5.78 Å². The Balaban J connectivity index is 1.66. The predicted octanol–water partition coefficient (Wildman–Crippen LogP) is 5.00. The number of Topliss-reactive ketones (excluding diaryl/α,β-unsaturated/α-hetero) is 1. The van der Waals surface area contributed by atoms with Crippen LogP contribution in [0.5, 0.6) is 0 Å². The number of rotatable bonds is 1.